The molecule has 4 aromatic rings. The van der Waals surface area contributed by atoms with Crippen molar-refractivity contribution >= 4 is 52.9 Å². The number of benzene rings is 2. The molecule has 45 heavy (non-hydrogen) atoms. The van der Waals surface area contributed by atoms with Gasteiger partial charge in [0, 0.05) is 47.9 Å². The minimum absolute atomic E-state index is 0.0135. The van der Waals surface area contributed by atoms with Crippen molar-refractivity contribution in [2.75, 3.05) is 25.5 Å². The monoisotopic (exact) mass is 649 g/mol. The molecule has 3 heterocycles. The van der Waals surface area contributed by atoms with Crippen molar-refractivity contribution in [2.45, 2.75) is 25.8 Å². The van der Waals surface area contributed by atoms with E-state index in [1.165, 1.54) is 24.2 Å². The summed E-state index contributed by atoms with van der Waals surface area (Å²) in [6, 6.07) is 13.4. The van der Waals surface area contributed by atoms with Crippen molar-refractivity contribution < 1.29 is 19.1 Å². The second kappa shape index (κ2) is 14.3. The van der Waals surface area contributed by atoms with Gasteiger partial charge in [-0.3, -0.25) is 14.9 Å². The number of likely N-dealkylation sites (tertiary alicyclic amines) is 1. The quantitative estimate of drug-likeness (QED) is 0.244. The van der Waals surface area contributed by atoms with E-state index in [-0.39, 0.29) is 22.9 Å². The summed E-state index contributed by atoms with van der Waals surface area (Å²) in [5.41, 5.74) is 3.65. The molecule has 0 saturated carbocycles. The predicted octanol–water partition coefficient (Wildman–Crippen LogP) is 4.73. The Morgan fingerprint density at radius 2 is 1.91 bits per heavy atom. The number of ether oxygens (including phenoxy) is 1. The lowest BCUT2D eigenvalue weighted by molar-refractivity contribution is -0.128. The molecule has 0 radical (unpaired) electrons. The largest absolute Gasteiger partial charge is 0.453 e. The first-order valence-corrected chi connectivity index (χ1v) is 14.7. The fraction of sp³-hybridized carbons (Fsp3) is 0.267. The maximum atomic E-state index is 13.3. The van der Waals surface area contributed by atoms with Crippen LogP contribution in [0.5, 0.6) is 0 Å². The Labute approximate surface area is 268 Å². The standard InChI is InChI=1S/C30H29Cl2N9O4/c1-18(42)40-12-11-19(16-40)13-25(35-28(43)10-5-21-14-22(31)6-9-27(21)41-17-33-38-39-41)26-15-24(29(32)37-36-26)20-3-7-23(8-4-20)34-30(44)45-2/h3-10,14-15,17,19,25H,11-13,16H2,1-2H3,(H,34,44)(H,35,43)/b10-5+/t19?,25-/m0/s1. The SMILES string of the molecule is COC(=O)Nc1ccc(-c2cc([C@H](CC3CCN(C(C)=O)C3)NC(=O)/C=C/c3cc(Cl)ccc3-n3cnnn3)nnc2Cl)cc1. The number of hydrogen-bond acceptors (Lipinski definition) is 9. The number of nitrogens with one attached hydrogen (secondary N) is 2. The molecular weight excluding hydrogens is 621 g/mol. The van der Waals surface area contributed by atoms with E-state index < -0.39 is 12.1 Å². The molecule has 1 fully saturated rings. The summed E-state index contributed by atoms with van der Waals surface area (Å²) in [5.74, 6) is -0.229. The van der Waals surface area contributed by atoms with Gasteiger partial charge in [0.1, 0.15) is 6.33 Å². The highest BCUT2D eigenvalue weighted by molar-refractivity contribution is 6.32. The summed E-state index contributed by atoms with van der Waals surface area (Å²) in [6.45, 7) is 2.78. The molecule has 3 amide bonds. The van der Waals surface area contributed by atoms with Crippen LogP contribution in [0.2, 0.25) is 10.2 Å². The highest BCUT2D eigenvalue weighted by atomic mass is 35.5. The lowest BCUT2D eigenvalue weighted by atomic mass is 9.95. The van der Waals surface area contributed by atoms with Crippen LogP contribution in [0.25, 0.3) is 22.9 Å². The van der Waals surface area contributed by atoms with E-state index in [4.69, 9.17) is 23.2 Å². The molecule has 0 spiro atoms. The van der Waals surface area contributed by atoms with Crippen molar-refractivity contribution in [3.05, 3.63) is 82.4 Å². The first kappa shape index (κ1) is 31.5. The zero-order chi connectivity index (χ0) is 31.9. The molecule has 1 saturated heterocycles. The van der Waals surface area contributed by atoms with Gasteiger partial charge in [0.2, 0.25) is 11.8 Å². The van der Waals surface area contributed by atoms with Crippen LogP contribution in [-0.2, 0) is 14.3 Å². The zero-order valence-electron chi connectivity index (χ0n) is 24.4. The Morgan fingerprint density at radius 3 is 2.60 bits per heavy atom. The smallest absolute Gasteiger partial charge is 0.411 e. The summed E-state index contributed by atoms with van der Waals surface area (Å²) in [7, 11) is 1.28. The molecule has 13 nitrogen and oxygen atoms in total. The van der Waals surface area contributed by atoms with E-state index in [1.54, 1.807) is 66.4 Å². The Hall–Kier alpha value is -4.88. The van der Waals surface area contributed by atoms with Gasteiger partial charge in [-0.2, -0.15) is 9.78 Å². The maximum absolute atomic E-state index is 13.3. The summed E-state index contributed by atoms with van der Waals surface area (Å²) >= 11 is 12.7. The van der Waals surface area contributed by atoms with Crippen LogP contribution in [-0.4, -0.2) is 73.4 Å². The maximum Gasteiger partial charge on any atom is 0.411 e. The second-order valence-corrected chi connectivity index (χ2v) is 11.2. The zero-order valence-corrected chi connectivity index (χ0v) is 25.9. The minimum atomic E-state index is -0.585. The molecular formula is C30H29Cl2N9O4. The normalized spacial score (nSPS) is 15.2. The number of carbonyl (C=O) groups excluding carboxylic acids is 3. The van der Waals surface area contributed by atoms with Crippen LogP contribution in [0.3, 0.4) is 0 Å². The molecule has 5 rings (SSSR count). The topological polar surface area (TPSA) is 157 Å². The van der Waals surface area contributed by atoms with Gasteiger partial charge in [-0.15, -0.1) is 10.2 Å². The van der Waals surface area contributed by atoms with Gasteiger partial charge >= 0.3 is 6.09 Å². The summed E-state index contributed by atoms with van der Waals surface area (Å²) in [5, 5.41) is 26.1. The molecule has 1 aliphatic rings. The van der Waals surface area contributed by atoms with Crippen LogP contribution in [0.1, 0.15) is 37.1 Å². The van der Waals surface area contributed by atoms with E-state index in [1.807, 2.05) is 0 Å². The Morgan fingerprint density at radius 1 is 1.11 bits per heavy atom. The lowest BCUT2D eigenvalue weighted by Crippen LogP contribution is -2.31. The molecule has 15 heteroatoms. The third-order valence-corrected chi connectivity index (χ3v) is 7.88. The average Bonchev–Trinajstić information content (AvgIpc) is 3.74. The van der Waals surface area contributed by atoms with E-state index in [2.05, 4.69) is 41.1 Å². The number of tetrazole rings is 1. The minimum Gasteiger partial charge on any atom is -0.453 e. The van der Waals surface area contributed by atoms with Crippen molar-refractivity contribution in [3.63, 3.8) is 0 Å². The highest BCUT2D eigenvalue weighted by Gasteiger charge is 2.29. The number of aromatic nitrogens is 6. The molecule has 1 unspecified atom stereocenters. The fourth-order valence-electron chi connectivity index (χ4n) is 5.09. The third kappa shape index (κ3) is 7.99. The van der Waals surface area contributed by atoms with E-state index in [0.29, 0.717) is 52.7 Å². The number of amides is 3. The number of nitrogens with zero attached hydrogens (tertiary/aromatic N) is 7. The lowest BCUT2D eigenvalue weighted by Gasteiger charge is -2.22. The van der Waals surface area contributed by atoms with Crippen LogP contribution in [0, 0.1) is 5.92 Å². The molecule has 0 bridgehead atoms. The third-order valence-electron chi connectivity index (χ3n) is 7.37. The first-order chi connectivity index (χ1) is 21.7. The Kier molecular flexibility index (Phi) is 10.0. The highest BCUT2D eigenvalue weighted by Crippen LogP contribution is 2.32. The van der Waals surface area contributed by atoms with Gasteiger partial charge in [-0.1, -0.05) is 35.3 Å². The van der Waals surface area contributed by atoms with Gasteiger partial charge in [0.05, 0.1) is 24.5 Å². The van der Waals surface area contributed by atoms with Crippen molar-refractivity contribution in [3.8, 4) is 16.8 Å². The van der Waals surface area contributed by atoms with E-state index >= 15 is 0 Å². The van der Waals surface area contributed by atoms with Crippen LogP contribution in [0.4, 0.5) is 10.5 Å². The molecule has 2 atom stereocenters. The van der Waals surface area contributed by atoms with Crippen molar-refractivity contribution in [2.24, 2.45) is 5.92 Å². The summed E-state index contributed by atoms with van der Waals surface area (Å²) < 4.78 is 6.11. The summed E-state index contributed by atoms with van der Waals surface area (Å²) in [6.07, 6.45) is 5.21. The molecule has 2 N–H and O–H groups in total. The van der Waals surface area contributed by atoms with Gasteiger partial charge < -0.3 is 15.0 Å². The van der Waals surface area contributed by atoms with Crippen molar-refractivity contribution in [1.29, 1.82) is 0 Å². The Balaban J connectivity index is 1.41. The van der Waals surface area contributed by atoms with Crippen LogP contribution >= 0.6 is 23.2 Å². The Bertz CT molecular complexity index is 1720. The van der Waals surface area contributed by atoms with Gasteiger partial charge in [-0.05, 0) is 77.2 Å². The average molecular weight is 651 g/mol. The van der Waals surface area contributed by atoms with Crippen LogP contribution < -0.4 is 10.6 Å². The molecule has 0 aliphatic carbocycles. The molecule has 1 aliphatic heterocycles. The number of rotatable bonds is 9. The van der Waals surface area contributed by atoms with Gasteiger partial charge in [0.15, 0.2) is 5.15 Å². The number of anilines is 1. The second-order valence-electron chi connectivity index (χ2n) is 10.4. The van der Waals surface area contributed by atoms with E-state index in [0.717, 1.165) is 12.0 Å². The van der Waals surface area contributed by atoms with Crippen LogP contribution in [0.15, 0.2) is 60.9 Å². The number of carbonyl (C=O) groups is 3. The molecule has 2 aromatic heterocycles. The molecule has 2 aromatic carbocycles. The number of hydrogen-bond donors (Lipinski definition) is 2. The molecule has 232 valence electrons. The fourth-order valence-corrected chi connectivity index (χ4v) is 5.47. The first-order valence-electron chi connectivity index (χ1n) is 14.0. The van der Waals surface area contributed by atoms with Crippen molar-refractivity contribution in [1.82, 2.24) is 40.6 Å². The summed E-state index contributed by atoms with van der Waals surface area (Å²) in [4.78, 5) is 38.7. The number of methoxy groups -OCH3 is 1. The van der Waals surface area contributed by atoms with Gasteiger partial charge in [0.25, 0.3) is 0 Å². The number of halogens is 2. The predicted molar refractivity (Wildman–Crippen MR) is 168 cm³/mol. The van der Waals surface area contributed by atoms with Gasteiger partial charge in [-0.25, -0.2) is 4.79 Å². The van der Waals surface area contributed by atoms with E-state index in [9.17, 15) is 14.4 Å².